The van der Waals surface area contributed by atoms with Crippen LogP contribution >= 0.6 is 0 Å². The Morgan fingerprint density at radius 2 is 2.00 bits per heavy atom. The van der Waals surface area contributed by atoms with Gasteiger partial charge in [-0.05, 0) is 38.0 Å². The number of anilines is 2. The smallest absolute Gasteiger partial charge is 0.303 e. The summed E-state index contributed by atoms with van der Waals surface area (Å²) in [4.78, 5) is 24.6. The third-order valence-corrected chi connectivity index (χ3v) is 5.53. The molecule has 0 aromatic carbocycles. The molecule has 0 bridgehead atoms. The molecule has 2 saturated heterocycles. The van der Waals surface area contributed by atoms with Gasteiger partial charge in [-0.2, -0.15) is 0 Å². The molecule has 0 amide bonds. The molecule has 3 heterocycles. The van der Waals surface area contributed by atoms with Gasteiger partial charge in [0.2, 0.25) is 0 Å². The fraction of sp³-hybridized carbons (Fsp3) is 0.688. The van der Waals surface area contributed by atoms with E-state index in [-0.39, 0.29) is 0 Å². The highest BCUT2D eigenvalue weighted by Gasteiger charge is 2.56. The minimum absolute atomic E-state index is 0.322. The third kappa shape index (κ3) is 2.21. The number of piperidine rings is 1. The van der Waals surface area contributed by atoms with Crippen molar-refractivity contribution in [2.45, 2.75) is 32.7 Å². The van der Waals surface area contributed by atoms with Crippen molar-refractivity contribution < 1.29 is 9.90 Å². The Morgan fingerprint density at radius 1 is 1.32 bits per heavy atom. The van der Waals surface area contributed by atoms with Crippen LogP contribution in [-0.4, -0.2) is 46.7 Å². The topological polar surface area (TPSA) is 69.6 Å². The highest BCUT2D eigenvalue weighted by Crippen LogP contribution is 2.54. The van der Waals surface area contributed by atoms with Crippen LogP contribution in [0.5, 0.6) is 0 Å². The first-order valence-electron chi connectivity index (χ1n) is 8.12. The highest BCUT2D eigenvalue weighted by atomic mass is 16.4. The highest BCUT2D eigenvalue weighted by molar-refractivity contribution is 5.68. The summed E-state index contributed by atoms with van der Waals surface area (Å²) in [6, 6.07) is 2.66. The maximum Gasteiger partial charge on any atom is 0.303 e. The zero-order valence-electron chi connectivity index (χ0n) is 13.1. The summed E-state index contributed by atoms with van der Waals surface area (Å²) in [5, 5.41) is 8.91. The summed E-state index contributed by atoms with van der Waals surface area (Å²) >= 11 is 0. The molecule has 0 radical (unpaired) electrons. The van der Waals surface area contributed by atoms with Gasteiger partial charge >= 0.3 is 5.97 Å². The fourth-order valence-electron chi connectivity index (χ4n) is 4.04. The van der Waals surface area contributed by atoms with Crippen LogP contribution in [0.1, 0.15) is 25.6 Å². The van der Waals surface area contributed by atoms with E-state index in [1.165, 1.54) is 6.42 Å². The minimum atomic E-state index is -0.669. The number of aliphatic carboxylic acids is 1. The normalized spacial score (nSPS) is 32.6. The van der Waals surface area contributed by atoms with Gasteiger partial charge < -0.3 is 14.9 Å². The third-order valence-electron chi connectivity index (χ3n) is 5.53. The maximum absolute atomic E-state index is 10.8. The average Bonchev–Trinajstić information content (AvgIpc) is 2.88. The molecule has 1 aliphatic carbocycles. The van der Waals surface area contributed by atoms with Crippen molar-refractivity contribution in [2.24, 2.45) is 17.8 Å². The number of aryl methyl sites for hydroxylation is 1. The van der Waals surface area contributed by atoms with Gasteiger partial charge in [0.15, 0.2) is 0 Å². The lowest BCUT2D eigenvalue weighted by Gasteiger charge is -2.40. The predicted octanol–water partition coefficient (Wildman–Crippen LogP) is 1.54. The quantitative estimate of drug-likeness (QED) is 0.910. The van der Waals surface area contributed by atoms with E-state index >= 15 is 0 Å². The molecule has 1 N–H and O–H groups in total. The minimum Gasteiger partial charge on any atom is -0.481 e. The summed E-state index contributed by atoms with van der Waals surface area (Å²) in [5.74, 6) is 3.64. The van der Waals surface area contributed by atoms with Crippen LogP contribution in [0.25, 0.3) is 0 Å². The van der Waals surface area contributed by atoms with Gasteiger partial charge in [0.1, 0.15) is 17.5 Å². The molecule has 6 heteroatoms. The molecule has 1 aromatic heterocycles. The van der Waals surface area contributed by atoms with E-state index in [1.54, 1.807) is 0 Å². The van der Waals surface area contributed by atoms with Crippen molar-refractivity contribution in [2.75, 3.05) is 29.4 Å². The van der Waals surface area contributed by atoms with Crippen LogP contribution in [-0.2, 0) is 4.79 Å². The van der Waals surface area contributed by atoms with Crippen LogP contribution in [0.15, 0.2) is 6.07 Å². The van der Waals surface area contributed by atoms with Crippen molar-refractivity contribution in [1.82, 2.24) is 9.97 Å². The van der Waals surface area contributed by atoms with Crippen molar-refractivity contribution in [1.29, 1.82) is 0 Å². The van der Waals surface area contributed by atoms with Gasteiger partial charge in [-0.1, -0.05) is 0 Å². The molecular formula is C16H22N4O2. The Labute approximate surface area is 130 Å². The Bertz CT molecular complexity index is 608. The van der Waals surface area contributed by atoms with Crippen LogP contribution in [0.3, 0.4) is 0 Å². The second-order valence-corrected chi connectivity index (χ2v) is 6.96. The van der Waals surface area contributed by atoms with Crippen LogP contribution in [0, 0.1) is 24.7 Å². The number of carbonyl (C=O) groups is 1. The number of carboxylic acid groups (broad SMARTS) is 1. The largest absolute Gasteiger partial charge is 0.481 e. The lowest BCUT2D eigenvalue weighted by atomic mass is 10.1. The lowest BCUT2D eigenvalue weighted by Crippen LogP contribution is -2.46. The molecule has 6 nitrogen and oxygen atoms in total. The fourth-order valence-corrected chi connectivity index (χ4v) is 4.04. The zero-order chi connectivity index (χ0) is 15.4. The second-order valence-electron chi connectivity index (χ2n) is 6.96. The van der Waals surface area contributed by atoms with E-state index in [2.05, 4.69) is 32.8 Å². The van der Waals surface area contributed by atoms with Crippen LogP contribution in [0.2, 0.25) is 0 Å². The number of carboxylic acids is 1. The first-order valence-corrected chi connectivity index (χ1v) is 8.12. The predicted molar refractivity (Wildman–Crippen MR) is 83.1 cm³/mol. The Morgan fingerprint density at radius 3 is 2.55 bits per heavy atom. The van der Waals surface area contributed by atoms with Crippen molar-refractivity contribution in [3.05, 3.63) is 11.9 Å². The van der Waals surface area contributed by atoms with Crippen LogP contribution in [0.4, 0.5) is 11.6 Å². The zero-order valence-corrected chi connectivity index (χ0v) is 13.1. The van der Waals surface area contributed by atoms with Crippen molar-refractivity contribution in [3.8, 4) is 0 Å². The Hall–Kier alpha value is -1.85. The van der Waals surface area contributed by atoms with E-state index in [9.17, 15) is 4.79 Å². The summed E-state index contributed by atoms with van der Waals surface area (Å²) in [6.45, 7) is 7.12. The summed E-state index contributed by atoms with van der Waals surface area (Å²) in [5.41, 5.74) is 0. The monoisotopic (exact) mass is 302 g/mol. The maximum atomic E-state index is 10.8. The van der Waals surface area contributed by atoms with Crippen LogP contribution < -0.4 is 9.80 Å². The number of hydrogen-bond donors (Lipinski definition) is 1. The number of fused-ring (bicyclic) bond motifs is 1. The lowest BCUT2D eigenvalue weighted by molar-refractivity contribution is -0.137. The van der Waals surface area contributed by atoms with Gasteiger partial charge in [-0.25, -0.2) is 9.97 Å². The average molecular weight is 302 g/mol. The second kappa shape index (κ2) is 4.83. The molecule has 3 fully saturated rings. The molecule has 4 rings (SSSR count). The molecule has 4 atom stereocenters. The Balaban J connectivity index is 1.47. The molecule has 1 unspecified atom stereocenters. The van der Waals surface area contributed by atoms with Gasteiger partial charge in [0.05, 0.1) is 0 Å². The SMILES string of the molecule is Cc1nc(N2C[C@@H]3C(CC(=O)O)[C@@H]3C2)cc(N2CC[C@@H]2C)n1. The standard InChI is InChI=1S/C16H22N4O2/c1-9-3-4-20(9)15-6-14(17-10(2)18-15)19-7-12-11(5-16(21)22)13(12)8-19/h6,9,11-13H,3-5,7-8H2,1-2H3,(H,21,22)/t9-,11?,12-,13+/m0/s1. The van der Waals surface area contributed by atoms with E-state index in [1.807, 2.05) is 6.92 Å². The van der Waals surface area contributed by atoms with Gasteiger partial charge in [0, 0.05) is 38.2 Å². The molecule has 2 aliphatic heterocycles. The molecule has 3 aliphatic rings. The van der Waals surface area contributed by atoms with Gasteiger partial charge in [0.25, 0.3) is 0 Å². The first kappa shape index (κ1) is 13.8. The van der Waals surface area contributed by atoms with Gasteiger partial charge in [-0.15, -0.1) is 0 Å². The molecule has 118 valence electrons. The summed E-state index contributed by atoms with van der Waals surface area (Å²) < 4.78 is 0. The molecule has 22 heavy (non-hydrogen) atoms. The molecule has 0 spiro atoms. The summed E-state index contributed by atoms with van der Waals surface area (Å²) in [6.07, 6.45) is 1.55. The number of rotatable bonds is 4. The van der Waals surface area contributed by atoms with Gasteiger partial charge in [-0.3, -0.25) is 4.79 Å². The summed E-state index contributed by atoms with van der Waals surface area (Å²) in [7, 11) is 0. The molecule has 1 aromatic rings. The molecular weight excluding hydrogens is 280 g/mol. The van der Waals surface area contributed by atoms with Crippen molar-refractivity contribution in [3.63, 3.8) is 0 Å². The Kier molecular flexibility index (Phi) is 3.03. The van der Waals surface area contributed by atoms with Crippen molar-refractivity contribution >= 4 is 17.6 Å². The first-order chi connectivity index (χ1) is 10.5. The van der Waals surface area contributed by atoms with E-state index in [0.29, 0.717) is 30.2 Å². The van der Waals surface area contributed by atoms with E-state index < -0.39 is 5.97 Å². The van der Waals surface area contributed by atoms with E-state index in [4.69, 9.17) is 5.11 Å². The molecule has 1 saturated carbocycles. The van der Waals surface area contributed by atoms with E-state index in [0.717, 1.165) is 37.1 Å². The number of nitrogens with zero attached hydrogens (tertiary/aromatic N) is 4. The number of aromatic nitrogens is 2. The number of hydrogen-bond acceptors (Lipinski definition) is 5.